The van der Waals surface area contributed by atoms with Gasteiger partial charge in [-0.3, -0.25) is 4.79 Å². The van der Waals surface area contributed by atoms with Crippen LogP contribution in [-0.4, -0.2) is 36.6 Å². The fraction of sp³-hybridized carbons (Fsp3) is 0.947. The number of ether oxygens (including phenoxy) is 1. The number of rotatable bonds is 4. The first-order chi connectivity index (χ1) is 10.4. The molecule has 0 N–H and O–H groups in total. The molecule has 2 heterocycles. The Bertz CT molecular complexity index is 408. The summed E-state index contributed by atoms with van der Waals surface area (Å²) in [7, 11) is 0. The van der Waals surface area contributed by atoms with E-state index in [-0.39, 0.29) is 5.92 Å². The maximum atomic E-state index is 13.4. The Morgan fingerprint density at radius 1 is 1.14 bits per heavy atom. The monoisotopic (exact) mass is 307 g/mol. The average molecular weight is 307 g/mol. The summed E-state index contributed by atoms with van der Waals surface area (Å²) in [5, 5.41) is 0. The van der Waals surface area contributed by atoms with Crippen LogP contribution in [0.25, 0.3) is 0 Å². The van der Waals surface area contributed by atoms with Crippen molar-refractivity contribution in [2.45, 2.75) is 65.8 Å². The van der Waals surface area contributed by atoms with E-state index in [1.54, 1.807) is 0 Å². The van der Waals surface area contributed by atoms with E-state index in [2.05, 4.69) is 32.6 Å². The molecule has 22 heavy (non-hydrogen) atoms. The third-order valence-electron chi connectivity index (χ3n) is 6.34. The third kappa shape index (κ3) is 3.06. The molecule has 0 radical (unpaired) electrons. The molecule has 3 rings (SSSR count). The zero-order chi connectivity index (χ0) is 15.9. The van der Waals surface area contributed by atoms with Crippen LogP contribution >= 0.6 is 0 Å². The van der Waals surface area contributed by atoms with Gasteiger partial charge in [0.1, 0.15) is 0 Å². The lowest BCUT2D eigenvalue weighted by molar-refractivity contribution is -0.142. The fourth-order valence-electron chi connectivity index (χ4n) is 4.77. The van der Waals surface area contributed by atoms with Gasteiger partial charge in [-0.1, -0.05) is 27.7 Å². The summed E-state index contributed by atoms with van der Waals surface area (Å²) in [6.45, 7) is 11.7. The highest BCUT2D eigenvalue weighted by Crippen LogP contribution is 2.56. The minimum atomic E-state index is 0.194. The smallest absolute Gasteiger partial charge is 0.226 e. The standard InChI is InChI=1S/C19H33NO2/c1-13(2)16-11-19(7-8-19)12-20(16)18(21)17(14(3)4)15-5-9-22-10-6-15/h13-17H,5-12H2,1-4H3/t16-,17?/m0/s1. The van der Waals surface area contributed by atoms with E-state index in [9.17, 15) is 4.79 Å². The first-order valence-corrected chi connectivity index (χ1v) is 9.32. The molecule has 2 atom stereocenters. The number of nitrogens with zero attached hydrogens (tertiary/aromatic N) is 1. The van der Waals surface area contributed by atoms with Crippen molar-refractivity contribution < 1.29 is 9.53 Å². The summed E-state index contributed by atoms with van der Waals surface area (Å²) in [4.78, 5) is 15.7. The number of carbonyl (C=O) groups is 1. The van der Waals surface area contributed by atoms with Crippen LogP contribution in [0, 0.1) is 29.1 Å². The quantitative estimate of drug-likeness (QED) is 0.792. The molecule has 1 saturated carbocycles. The largest absolute Gasteiger partial charge is 0.381 e. The van der Waals surface area contributed by atoms with Gasteiger partial charge in [0.2, 0.25) is 5.91 Å². The van der Waals surface area contributed by atoms with Gasteiger partial charge in [-0.15, -0.1) is 0 Å². The van der Waals surface area contributed by atoms with Gasteiger partial charge in [-0.2, -0.15) is 0 Å². The van der Waals surface area contributed by atoms with Crippen molar-refractivity contribution in [3.8, 4) is 0 Å². The molecule has 0 aromatic carbocycles. The lowest BCUT2D eigenvalue weighted by Crippen LogP contribution is -2.46. The summed E-state index contributed by atoms with van der Waals surface area (Å²) in [5.41, 5.74) is 0.502. The van der Waals surface area contributed by atoms with Crippen molar-refractivity contribution in [3.05, 3.63) is 0 Å². The molecule has 3 aliphatic rings. The van der Waals surface area contributed by atoms with Crippen molar-refractivity contribution in [2.75, 3.05) is 19.8 Å². The van der Waals surface area contributed by atoms with E-state index in [1.807, 2.05) is 0 Å². The Morgan fingerprint density at radius 3 is 2.27 bits per heavy atom. The molecule has 1 aliphatic carbocycles. The maximum absolute atomic E-state index is 13.4. The molecular weight excluding hydrogens is 274 g/mol. The Balaban J connectivity index is 1.76. The van der Waals surface area contributed by atoms with Crippen molar-refractivity contribution >= 4 is 5.91 Å². The predicted molar refractivity (Wildman–Crippen MR) is 88.5 cm³/mol. The highest BCUT2D eigenvalue weighted by molar-refractivity contribution is 5.80. The molecule has 3 fully saturated rings. The Morgan fingerprint density at radius 2 is 1.77 bits per heavy atom. The van der Waals surface area contributed by atoms with Crippen LogP contribution in [0.3, 0.4) is 0 Å². The topological polar surface area (TPSA) is 29.5 Å². The molecule has 3 heteroatoms. The van der Waals surface area contributed by atoms with Crippen molar-refractivity contribution in [1.82, 2.24) is 4.90 Å². The van der Waals surface area contributed by atoms with Gasteiger partial charge in [0.15, 0.2) is 0 Å². The van der Waals surface area contributed by atoms with Gasteiger partial charge in [-0.25, -0.2) is 0 Å². The molecule has 1 spiro atoms. The maximum Gasteiger partial charge on any atom is 0.226 e. The molecule has 0 bridgehead atoms. The number of carbonyl (C=O) groups excluding carboxylic acids is 1. The van der Waals surface area contributed by atoms with Crippen molar-refractivity contribution in [2.24, 2.45) is 29.1 Å². The van der Waals surface area contributed by atoms with Crippen molar-refractivity contribution in [3.63, 3.8) is 0 Å². The highest BCUT2D eigenvalue weighted by Gasteiger charge is 2.54. The molecule has 2 saturated heterocycles. The Kier molecular flexibility index (Phi) is 4.55. The zero-order valence-corrected chi connectivity index (χ0v) is 14.8. The molecule has 0 aromatic heterocycles. The first-order valence-electron chi connectivity index (χ1n) is 9.32. The van der Waals surface area contributed by atoms with Crippen LogP contribution in [0.2, 0.25) is 0 Å². The van der Waals surface area contributed by atoms with Gasteiger partial charge >= 0.3 is 0 Å². The summed E-state index contributed by atoms with van der Waals surface area (Å²) in [6.07, 6.45) is 6.03. The molecular formula is C19H33NO2. The van der Waals surface area contributed by atoms with Gasteiger partial charge in [0, 0.05) is 31.7 Å². The van der Waals surface area contributed by atoms with E-state index in [0.29, 0.717) is 35.1 Å². The average Bonchev–Trinajstić information content (AvgIpc) is 3.10. The summed E-state index contributed by atoms with van der Waals surface area (Å²) < 4.78 is 5.51. The number of hydrogen-bond donors (Lipinski definition) is 0. The summed E-state index contributed by atoms with van der Waals surface area (Å²) >= 11 is 0. The van der Waals surface area contributed by atoms with Gasteiger partial charge in [0.25, 0.3) is 0 Å². The summed E-state index contributed by atoms with van der Waals surface area (Å²) in [6, 6.07) is 0.469. The number of amides is 1. The van der Waals surface area contributed by atoms with Crippen molar-refractivity contribution in [1.29, 1.82) is 0 Å². The second kappa shape index (κ2) is 6.14. The fourth-order valence-corrected chi connectivity index (χ4v) is 4.77. The van der Waals surface area contributed by atoms with E-state index < -0.39 is 0 Å². The number of hydrogen-bond acceptors (Lipinski definition) is 2. The number of likely N-dealkylation sites (tertiary alicyclic amines) is 1. The molecule has 0 aromatic rings. The lowest BCUT2D eigenvalue weighted by atomic mass is 9.78. The van der Waals surface area contributed by atoms with Crippen LogP contribution in [0.4, 0.5) is 0 Å². The third-order valence-corrected chi connectivity index (χ3v) is 6.34. The first kappa shape index (κ1) is 16.3. The Labute approximate surface area is 135 Å². The second-order valence-electron chi connectivity index (χ2n) is 8.70. The van der Waals surface area contributed by atoms with E-state index >= 15 is 0 Å². The normalized spacial score (nSPS) is 29.5. The Hall–Kier alpha value is -0.570. The molecule has 1 amide bonds. The molecule has 1 unspecified atom stereocenters. The van der Waals surface area contributed by atoms with E-state index in [1.165, 1.54) is 19.3 Å². The summed E-state index contributed by atoms with van der Waals surface area (Å²) in [5.74, 6) is 2.17. The SMILES string of the molecule is CC(C)C(C(=O)N1CC2(CC2)C[C@H]1C(C)C)C1CCOCC1. The van der Waals surface area contributed by atoms with Gasteiger partial charge in [0.05, 0.1) is 0 Å². The van der Waals surface area contributed by atoms with Crippen LogP contribution in [0.1, 0.15) is 59.8 Å². The molecule has 2 aliphatic heterocycles. The van der Waals surface area contributed by atoms with Crippen LogP contribution in [0.5, 0.6) is 0 Å². The van der Waals surface area contributed by atoms with Crippen LogP contribution in [-0.2, 0) is 9.53 Å². The van der Waals surface area contributed by atoms with E-state index in [0.717, 1.165) is 32.6 Å². The van der Waals surface area contributed by atoms with E-state index in [4.69, 9.17) is 4.74 Å². The highest BCUT2D eigenvalue weighted by atomic mass is 16.5. The molecule has 3 nitrogen and oxygen atoms in total. The van der Waals surface area contributed by atoms with Crippen LogP contribution < -0.4 is 0 Å². The minimum Gasteiger partial charge on any atom is -0.381 e. The predicted octanol–water partition coefficient (Wildman–Crippen LogP) is 3.72. The van der Waals surface area contributed by atoms with Gasteiger partial charge < -0.3 is 9.64 Å². The molecule has 126 valence electrons. The lowest BCUT2D eigenvalue weighted by Gasteiger charge is -2.37. The van der Waals surface area contributed by atoms with Gasteiger partial charge in [-0.05, 0) is 55.3 Å². The minimum absolute atomic E-state index is 0.194. The second-order valence-corrected chi connectivity index (χ2v) is 8.70. The van der Waals surface area contributed by atoms with Crippen LogP contribution in [0.15, 0.2) is 0 Å². The zero-order valence-electron chi connectivity index (χ0n) is 14.8.